The Bertz CT molecular complexity index is 566. The van der Waals surface area contributed by atoms with E-state index in [4.69, 9.17) is 10.00 Å². The summed E-state index contributed by atoms with van der Waals surface area (Å²) in [4.78, 5) is 0. The van der Waals surface area contributed by atoms with Crippen molar-refractivity contribution in [1.29, 1.82) is 5.26 Å². The van der Waals surface area contributed by atoms with E-state index in [-0.39, 0.29) is 0 Å². The van der Waals surface area contributed by atoms with Crippen LogP contribution in [0.3, 0.4) is 0 Å². The smallest absolute Gasteiger partial charge is 0.150 e. The lowest BCUT2D eigenvalue weighted by atomic mass is 10.2. The first-order valence-corrected chi connectivity index (χ1v) is 5.04. The molecule has 0 saturated heterocycles. The van der Waals surface area contributed by atoms with Gasteiger partial charge in [0.25, 0.3) is 0 Å². The second-order valence-corrected chi connectivity index (χ2v) is 3.63. The monoisotopic (exact) mass is 211 g/mol. The van der Waals surface area contributed by atoms with Gasteiger partial charge in [-0.2, -0.15) is 10.4 Å². The molecule has 2 aromatic rings. The average Bonchev–Trinajstić information content (AvgIpc) is 2.89. The van der Waals surface area contributed by atoms with E-state index in [9.17, 15) is 0 Å². The average molecular weight is 211 g/mol. The van der Waals surface area contributed by atoms with Crippen molar-refractivity contribution in [3.63, 3.8) is 0 Å². The highest BCUT2D eigenvalue weighted by Crippen LogP contribution is 2.24. The predicted octanol–water partition coefficient (Wildman–Crippen LogP) is 1.77. The molecule has 1 aliphatic rings. The number of hydrogen-bond donors (Lipinski definition) is 0. The van der Waals surface area contributed by atoms with Crippen LogP contribution >= 0.6 is 0 Å². The summed E-state index contributed by atoms with van der Waals surface area (Å²) in [6, 6.07) is 11.9. The predicted molar refractivity (Wildman–Crippen MR) is 56.8 cm³/mol. The van der Waals surface area contributed by atoms with Gasteiger partial charge in [0, 0.05) is 5.56 Å². The number of aromatic nitrogens is 2. The molecule has 1 aromatic carbocycles. The molecule has 16 heavy (non-hydrogen) atoms. The van der Waals surface area contributed by atoms with Gasteiger partial charge in [0.2, 0.25) is 0 Å². The number of ether oxygens (including phenoxy) is 1. The van der Waals surface area contributed by atoms with E-state index in [0.717, 1.165) is 16.9 Å². The molecular formula is C12H9N3O. The molecule has 3 rings (SSSR count). The van der Waals surface area contributed by atoms with Crippen LogP contribution in [0.2, 0.25) is 0 Å². The fraction of sp³-hybridized carbons (Fsp3) is 0.167. The van der Waals surface area contributed by atoms with Crippen molar-refractivity contribution in [3.05, 3.63) is 47.3 Å². The van der Waals surface area contributed by atoms with E-state index in [1.165, 1.54) is 0 Å². The first-order valence-electron chi connectivity index (χ1n) is 5.04. The topological polar surface area (TPSA) is 50.8 Å². The van der Waals surface area contributed by atoms with Crippen LogP contribution in [-0.4, -0.2) is 9.78 Å². The molecule has 2 heterocycles. The molecule has 0 aliphatic carbocycles. The van der Waals surface area contributed by atoms with Gasteiger partial charge in [-0.3, -0.25) is 0 Å². The van der Waals surface area contributed by atoms with Gasteiger partial charge in [0.05, 0.1) is 24.6 Å². The highest BCUT2D eigenvalue weighted by atomic mass is 16.5. The highest BCUT2D eigenvalue weighted by molar-refractivity contribution is 5.43. The lowest BCUT2D eigenvalue weighted by Gasteiger charge is -2.03. The SMILES string of the molecule is N#Cc1c2c(nn1-c1ccccc1)COC2. The van der Waals surface area contributed by atoms with E-state index in [1.807, 2.05) is 30.3 Å². The second kappa shape index (κ2) is 3.47. The van der Waals surface area contributed by atoms with Crippen LogP contribution < -0.4 is 0 Å². The summed E-state index contributed by atoms with van der Waals surface area (Å²) in [7, 11) is 0. The zero-order valence-electron chi connectivity index (χ0n) is 8.55. The molecule has 0 saturated carbocycles. The summed E-state index contributed by atoms with van der Waals surface area (Å²) in [5.41, 5.74) is 3.29. The molecule has 0 N–H and O–H groups in total. The Labute approximate surface area is 92.7 Å². The molecule has 0 atom stereocenters. The summed E-state index contributed by atoms with van der Waals surface area (Å²) >= 11 is 0. The van der Waals surface area contributed by atoms with Gasteiger partial charge in [-0.05, 0) is 12.1 Å². The van der Waals surface area contributed by atoms with Gasteiger partial charge in [-0.15, -0.1) is 0 Å². The Hall–Kier alpha value is -2.12. The first-order chi connectivity index (χ1) is 7.90. The van der Waals surface area contributed by atoms with Crippen molar-refractivity contribution in [1.82, 2.24) is 9.78 Å². The van der Waals surface area contributed by atoms with Gasteiger partial charge in [0.15, 0.2) is 0 Å². The van der Waals surface area contributed by atoms with Gasteiger partial charge in [-0.1, -0.05) is 18.2 Å². The minimum atomic E-state index is 0.491. The summed E-state index contributed by atoms with van der Waals surface area (Å²) in [5.74, 6) is 0. The Morgan fingerprint density at radius 1 is 1.25 bits per heavy atom. The molecule has 0 spiro atoms. The van der Waals surface area contributed by atoms with Crippen molar-refractivity contribution < 1.29 is 4.74 Å². The third-order valence-corrected chi connectivity index (χ3v) is 2.66. The van der Waals surface area contributed by atoms with E-state index in [1.54, 1.807) is 4.68 Å². The molecule has 4 nitrogen and oxygen atoms in total. The fourth-order valence-electron chi connectivity index (χ4n) is 1.88. The minimum absolute atomic E-state index is 0.491. The Morgan fingerprint density at radius 2 is 2.06 bits per heavy atom. The van der Waals surface area contributed by atoms with E-state index >= 15 is 0 Å². The highest BCUT2D eigenvalue weighted by Gasteiger charge is 2.23. The number of fused-ring (bicyclic) bond motifs is 1. The number of hydrogen-bond acceptors (Lipinski definition) is 3. The third kappa shape index (κ3) is 1.23. The summed E-state index contributed by atoms with van der Waals surface area (Å²) in [6.45, 7) is 0.995. The van der Waals surface area contributed by atoms with Crippen molar-refractivity contribution in [2.24, 2.45) is 0 Å². The standard InChI is InChI=1S/C12H9N3O/c13-6-12-10-7-16-8-11(10)14-15(12)9-4-2-1-3-5-9/h1-5H,7-8H2. The van der Waals surface area contributed by atoms with E-state index in [2.05, 4.69) is 11.2 Å². The molecule has 4 heteroatoms. The Kier molecular flexibility index (Phi) is 1.98. The van der Waals surface area contributed by atoms with Crippen LogP contribution in [0.1, 0.15) is 17.0 Å². The second-order valence-electron chi connectivity index (χ2n) is 3.63. The lowest BCUT2D eigenvalue weighted by molar-refractivity contribution is 0.131. The lowest BCUT2D eigenvalue weighted by Crippen LogP contribution is -2.01. The van der Waals surface area contributed by atoms with Crippen molar-refractivity contribution >= 4 is 0 Å². The molecule has 0 bridgehead atoms. The van der Waals surface area contributed by atoms with E-state index < -0.39 is 0 Å². The van der Waals surface area contributed by atoms with Crippen LogP contribution in [0, 0.1) is 11.3 Å². The quantitative estimate of drug-likeness (QED) is 0.722. The van der Waals surface area contributed by atoms with Gasteiger partial charge < -0.3 is 4.74 Å². The summed E-state index contributed by atoms with van der Waals surface area (Å²) in [5, 5.41) is 13.6. The zero-order chi connectivity index (χ0) is 11.0. The largest absolute Gasteiger partial charge is 0.370 e. The normalized spacial score (nSPS) is 13.4. The van der Waals surface area contributed by atoms with Gasteiger partial charge in [-0.25, -0.2) is 4.68 Å². The van der Waals surface area contributed by atoms with Crippen LogP contribution in [0.5, 0.6) is 0 Å². The van der Waals surface area contributed by atoms with Crippen molar-refractivity contribution in [3.8, 4) is 11.8 Å². The summed E-state index contributed by atoms with van der Waals surface area (Å²) < 4.78 is 6.95. The van der Waals surface area contributed by atoms with Gasteiger partial charge >= 0.3 is 0 Å². The van der Waals surface area contributed by atoms with Crippen LogP contribution in [-0.2, 0) is 18.0 Å². The number of nitrogens with zero attached hydrogens (tertiary/aromatic N) is 3. The Balaban J connectivity index is 2.20. The first kappa shape index (κ1) is 9.13. The maximum absolute atomic E-state index is 9.17. The molecule has 78 valence electrons. The molecule has 0 radical (unpaired) electrons. The number of para-hydroxylation sites is 1. The maximum atomic E-state index is 9.17. The molecule has 1 aliphatic heterocycles. The van der Waals surface area contributed by atoms with Gasteiger partial charge in [0.1, 0.15) is 11.8 Å². The molecule has 1 aromatic heterocycles. The number of benzene rings is 1. The summed E-state index contributed by atoms with van der Waals surface area (Å²) in [6.07, 6.45) is 0. The molecular weight excluding hydrogens is 202 g/mol. The third-order valence-electron chi connectivity index (χ3n) is 2.66. The molecule has 0 amide bonds. The molecule has 0 fully saturated rings. The van der Waals surface area contributed by atoms with Crippen LogP contribution in [0.15, 0.2) is 30.3 Å². The van der Waals surface area contributed by atoms with Crippen LogP contribution in [0.25, 0.3) is 5.69 Å². The van der Waals surface area contributed by atoms with Crippen molar-refractivity contribution in [2.75, 3.05) is 0 Å². The minimum Gasteiger partial charge on any atom is -0.370 e. The zero-order valence-corrected chi connectivity index (χ0v) is 8.55. The number of rotatable bonds is 1. The van der Waals surface area contributed by atoms with E-state index in [0.29, 0.717) is 18.9 Å². The molecule has 0 unspecified atom stereocenters. The Morgan fingerprint density at radius 3 is 2.81 bits per heavy atom. The maximum Gasteiger partial charge on any atom is 0.150 e. The van der Waals surface area contributed by atoms with Crippen molar-refractivity contribution in [2.45, 2.75) is 13.2 Å². The van der Waals surface area contributed by atoms with Crippen LogP contribution in [0.4, 0.5) is 0 Å². The number of nitriles is 1. The fourth-order valence-corrected chi connectivity index (χ4v) is 1.88.